The van der Waals surface area contributed by atoms with Crippen LogP contribution in [0.3, 0.4) is 0 Å². The van der Waals surface area contributed by atoms with E-state index in [1.54, 1.807) is 33.5 Å². The Balaban J connectivity index is 1.68. The van der Waals surface area contributed by atoms with Crippen LogP contribution < -0.4 is 24.3 Å². The molecule has 3 N–H and O–H groups in total. The zero-order valence-electron chi connectivity index (χ0n) is 23.7. The molecule has 4 rings (SSSR count). The number of benzene rings is 3. The van der Waals surface area contributed by atoms with Crippen molar-refractivity contribution in [3.63, 3.8) is 0 Å². The summed E-state index contributed by atoms with van der Waals surface area (Å²) in [5, 5.41) is 14.8. The Hall–Kier alpha value is -4.43. The maximum atomic E-state index is 13.6. The molecule has 0 aliphatic heterocycles. The summed E-state index contributed by atoms with van der Waals surface area (Å²) in [5.74, 6) is 1.04. The smallest absolute Gasteiger partial charge is 0.257 e. The van der Waals surface area contributed by atoms with Crippen LogP contribution in [0.25, 0.3) is 22.0 Å². The number of aliphatic hydroxyl groups is 1. The maximum absolute atomic E-state index is 13.6. The van der Waals surface area contributed by atoms with Crippen molar-refractivity contribution in [2.45, 2.75) is 32.9 Å². The summed E-state index contributed by atoms with van der Waals surface area (Å²) in [6.07, 6.45) is 2.66. The quantitative estimate of drug-likeness (QED) is 0.157. The molecule has 1 unspecified atom stereocenters. The second-order valence-corrected chi connectivity index (χ2v) is 9.71. The summed E-state index contributed by atoms with van der Waals surface area (Å²) >= 11 is 0. The number of allylic oxidation sites excluding steroid dienone is 1. The van der Waals surface area contributed by atoms with Crippen molar-refractivity contribution in [1.29, 1.82) is 0 Å². The van der Waals surface area contributed by atoms with E-state index in [1.165, 1.54) is 0 Å². The Morgan fingerprint density at radius 2 is 1.65 bits per heavy atom. The molecule has 0 aliphatic rings. The van der Waals surface area contributed by atoms with Crippen LogP contribution >= 0.6 is 0 Å². The molecule has 210 valence electrons. The Morgan fingerprint density at radius 3 is 2.30 bits per heavy atom. The summed E-state index contributed by atoms with van der Waals surface area (Å²) in [6, 6.07) is 16.8. The van der Waals surface area contributed by atoms with Gasteiger partial charge in [0.15, 0.2) is 11.5 Å². The first-order valence-corrected chi connectivity index (χ1v) is 13.0. The number of amides is 1. The number of rotatable bonds is 11. The predicted molar refractivity (Wildman–Crippen MR) is 157 cm³/mol. The van der Waals surface area contributed by atoms with Crippen molar-refractivity contribution in [1.82, 2.24) is 10.3 Å². The summed E-state index contributed by atoms with van der Waals surface area (Å²) in [6.45, 7) is 6.14. The van der Waals surface area contributed by atoms with E-state index >= 15 is 0 Å². The lowest BCUT2D eigenvalue weighted by Gasteiger charge is -2.21. The van der Waals surface area contributed by atoms with Crippen LogP contribution in [0.4, 0.5) is 0 Å². The summed E-state index contributed by atoms with van der Waals surface area (Å²) in [7, 11) is 4.65. The summed E-state index contributed by atoms with van der Waals surface area (Å²) < 4.78 is 22.4. The third kappa shape index (κ3) is 6.07. The van der Waals surface area contributed by atoms with Gasteiger partial charge in [-0.1, -0.05) is 36.8 Å². The van der Waals surface area contributed by atoms with E-state index < -0.39 is 12.1 Å². The minimum atomic E-state index is -1.14. The van der Waals surface area contributed by atoms with Gasteiger partial charge in [-0.15, -0.1) is 0 Å². The third-order valence-corrected chi connectivity index (χ3v) is 6.82. The lowest BCUT2D eigenvalue weighted by molar-refractivity contribution is 0.0725. The van der Waals surface area contributed by atoms with E-state index in [4.69, 9.17) is 18.9 Å². The van der Waals surface area contributed by atoms with E-state index in [2.05, 4.69) is 10.3 Å². The number of hydrogen-bond acceptors (Lipinski definition) is 6. The van der Waals surface area contributed by atoms with Crippen LogP contribution in [-0.4, -0.2) is 50.2 Å². The highest BCUT2D eigenvalue weighted by atomic mass is 16.5. The highest BCUT2D eigenvalue weighted by molar-refractivity contribution is 5.98. The van der Waals surface area contributed by atoms with E-state index in [0.717, 1.165) is 33.2 Å². The van der Waals surface area contributed by atoms with Crippen LogP contribution in [0.1, 0.15) is 42.6 Å². The van der Waals surface area contributed by atoms with Gasteiger partial charge in [-0.05, 0) is 66.9 Å². The van der Waals surface area contributed by atoms with Gasteiger partial charge in [0.25, 0.3) is 5.91 Å². The van der Waals surface area contributed by atoms with Gasteiger partial charge < -0.3 is 34.4 Å². The Morgan fingerprint density at radius 1 is 0.950 bits per heavy atom. The third-order valence-electron chi connectivity index (χ3n) is 6.82. The van der Waals surface area contributed by atoms with Crippen molar-refractivity contribution in [3.8, 4) is 34.1 Å². The van der Waals surface area contributed by atoms with Gasteiger partial charge in [0.05, 0.1) is 26.9 Å². The van der Waals surface area contributed by atoms with Gasteiger partial charge in [-0.2, -0.15) is 0 Å². The van der Waals surface area contributed by atoms with Gasteiger partial charge in [-0.25, -0.2) is 0 Å². The molecule has 1 amide bonds. The number of fused-ring (bicyclic) bond motifs is 1. The molecule has 4 aromatic rings. The first-order chi connectivity index (χ1) is 19.3. The monoisotopic (exact) mass is 544 g/mol. The molecule has 0 radical (unpaired) electrons. The standard InChI is InChI=1S/C32H36N2O6/c1-19(2)13-14-40-27-12-11-21(22-16-28(37-4)30(39-6)29(17-22)38-5)15-24(27)32(36)34-31(35)20(3)25-18-33-26-10-8-7-9-23(25)26/h7-13,15-18,20,31,33,35H,14H2,1-6H3,(H,34,36)/t20?,31-/m1/s1. The number of carbonyl (C=O) groups is 1. The highest BCUT2D eigenvalue weighted by Gasteiger charge is 2.24. The molecular formula is C32H36N2O6. The lowest BCUT2D eigenvalue weighted by atomic mass is 9.98. The van der Waals surface area contributed by atoms with Crippen LogP contribution in [-0.2, 0) is 0 Å². The Kier molecular flexibility index (Phi) is 9.01. The van der Waals surface area contributed by atoms with Crippen molar-refractivity contribution in [2.75, 3.05) is 27.9 Å². The van der Waals surface area contributed by atoms with E-state index in [1.807, 2.05) is 75.5 Å². The van der Waals surface area contributed by atoms with E-state index in [9.17, 15) is 9.90 Å². The van der Waals surface area contributed by atoms with Gasteiger partial charge in [0.1, 0.15) is 18.6 Å². The van der Waals surface area contributed by atoms with Crippen molar-refractivity contribution < 1.29 is 28.8 Å². The number of aliphatic hydroxyl groups excluding tert-OH is 1. The lowest BCUT2D eigenvalue weighted by Crippen LogP contribution is -2.38. The normalized spacial score (nSPS) is 12.4. The zero-order chi connectivity index (χ0) is 28.8. The average Bonchev–Trinajstić information content (AvgIpc) is 3.39. The Labute approximate surface area is 234 Å². The number of hydrogen-bond donors (Lipinski definition) is 3. The fourth-order valence-electron chi connectivity index (χ4n) is 4.54. The number of carbonyl (C=O) groups excluding carboxylic acids is 1. The maximum Gasteiger partial charge on any atom is 0.257 e. The number of methoxy groups -OCH3 is 3. The molecule has 8 nitrogen and oxygen atoms in total. The largest absolute Gasteiger partial charge is 0.493 e. The molecule has 0 saturated heterocycles. The molecule has 0 saturated carbocycles. The molecule has 1 aromatic heterocycles. The molecule has 0 spiro atoms. The molecule has 1 heterocycles. The second-order valence-electron chi connectivity index (χ2n) is 9.71. The van der Waals surface area contributed by atoms with Crippen molar-refractivity contribution in [2.24, 2.45) is 0 Å². The Bertz CT molecular complexity index is 1490. The van der Waals surface area contributed by atoms with Crippen LogP contribution in [0.15, 0.2) is 72.4 Å². The summed E-state index contributed by atoms with van der Waals surface area (Å²) in [4.78, 5) is 16.8. The van der Waals surface area contributed by atoms with Gasteiger partial charge in [-0.3, -0.25) is 4.79 Å². The number of H-pyrrole nitrogens is 1. The van der Waals surface area contributed by atoms with Crippen molar-refractivity contribution >= 4 is 16.8 Å². The topological polar surface area (TPSA) is 102 Å². The first kappa shape index (κ1) is 28.6. The molecule has 3 aromatic carbocycles. The van der Waals surface area contributed by atoms with Crippen molar-refractivity contribution in [3.05, 3.63) is 83.6 Å². The minimum Gasteiger partial charge on any atom is -0.493 e. The fraction of sp³-hybridized carbons (Fsp3) is 0.281. The molecule has 0 aliphatic carbocycles. The van der Waals surface area contributed by atoms with Crippen LogP contribution in [0.2, 0.25) is 0 Å². The second kappa shape index (κ2) is 12.6. The number of nitrogens with one attached hydrogen (secondary N) is 2. The van der Waals surface area contributed by atoms with Gasteiger partial charge in [0.2, 0.25) is 5.75 Å². The van der Waals surface area contributed by atoms with Gasteiger partial charge >= 0.3 is 0 Å². The average molecular weight is 545 g/mol. The fourth-order valence-corrected chi connectivity index (χ4v) is 4.54. The SMILES string of the molecule is COc1cc(-c2ccc(OCC=C(C)C)c(C(=O)N[C@H](O)C(C)c3c[nH]c4ccccc34)c2)cc(OC)c1OC. The molecule has 2 atom stereocenters. The number of aromatic nitrogens is 1. The van der Waals surface area contributed by atoms with Gasteiger partial charge in [0, 0.05) is 23.0 Å². The predicted octanol–water partition coefficient (Wildman–Crippen LogP) is 6.06. The minimum absolute atomic E-state index is 0.290. The molecule has 8 heteroatoms. The molecular weight excluding hydrogens is 508 g/mol. The highest BCUT2D eigenvalue weighted by Crippen LogP contribution is 2.42. The summed E-state index contributed by atoms with van der Waals surface area (Å²) in [5.41, 5.74) is 4.76. The van der Waals surface area contributed by atoms with E-state index in [0.29, 0.717) is 35.2 Å². The number of ether oxygens (including phenoxy) is 4. The molecule has 40 heavy (non-hydrogen) atoms. The first-order valence-electron chi connectivity index (χ1n) is 13.0. The van der Waals surface area contributed by atoms with Crippen LogP contribution in [0.5, 0.6) is 23.0 Å². The van der Waals surface area contributed by atoms with Crippen LogP contribution in [0, 0.1) is 0 Å². The molecule has 0 bridgehead atoms. The van der Waals surface area contributed by atoms with E-state index in [-0.39, 0.29) is 5.92 Å². The number of aromatic amines is 1. The zero-order valence-corrected chi connectivity index (χ0v) is 23.7. The molecule has 0 fully saturated rings. The number of para-hydroxylation sites is 1.